The number of halogens is 1. The van der Waals surface area contributed by atoms with Crippen molar-refractivity contribution in [3.05, 3.63) is 29.6 Å². The lowest BCUT2D eigenvalue weighted by atomic mass is 10.1. The number of benzene rings is 1. The van der Waals surface area contributed by atoms with Gasteiger partial charge >= 0.3 is 12.0 Å². The molecule has 20 heavy (non-hydrogen) atoms. The Morgan fingerprint density at radius 2 is 2.20 bits per heavy atom. The Kier molecular flexibility index (Phi) is 5.54. The highest BCUT2D eigenvalue weighted by atomic mass is 19.1. The summed E-state index contributed by atoms with van der Waals surface area (Å²) in [6.45, 7) is 2.40. The van der Waals surface area contributed by atoms with Crippen molar-refractivity contribution >= 4 is 17.7 Å². The van der Waals surface area contributed by atoms with Crippen LogP contribution in [0.5, 0.6) is 0 Å². The van der Waals surface area contributed by atoms with Crippen molar-refractivity contribution in [1.29, 1.82) is 0 Å². The summed E-state index contributed by atoms with van der Waals surface area (Å²) >= 11 is 0. The molecule has 1 aromatic carbocycles. The molecular formula is C14H15FN2O3. The maximum absolute atomic E-state index is 13.5. The molecule has 1 rings (SSSR count). The molecule has 2 amide bonds. The fourth-order valence-corrected chi connectivity index (χ4v) is 1.67. The number of anilines is 1. The highest BCUT2D eigenvalue weighted by Crippen LogP contribution is 2.19. The molecule has 0 unspecified atom stereocenters. The molecule has 0 aliphatic carbocycles. The first-order valence-electron chi connectivity index (χ1n) is 6.02. The molecule has 0 spiro atoms. The topological polar surface area (TPSA) is 69.6 Å². The molecule has 2 N–H and O–H groups in total. The van der Waals surface area contributed by atoms with Crippen LogP contribution >= 0.6 is 0 Å². The average Bonchev–Trinajstić information content (AvgIpc) is 2.38. The van der Waals surface area contributed by atoms with Gasteiger partial charge in [0, 0.05) is 6.54 Å². The first-order chi connectivity index (χ1) is 9.51. The second-order valence-corrected chi connectivity index (χ2v) is 4.02. The van der Waals surface area contributed by atoms with Crippen LogP contribution in [0, 0.1) is 18.2 Å². The minimum Gasteiger partial charge on any atom is -0.478 e. The number of amides is 2. The molecule has 0 atom stereocenters. The number of urea groups is 1. The van der Waals surface area contributed by atoms with E-state index in [0.29, 0.717) is 13.0 Å². The Bertz CT molecular complexity index is 552. The van der Waals surface area contributed by atoms with Crippen LogP contribution in [0.2, 0.25) is 0 Å². The van der Waals surface area contributed by atoms with Gasteiger partial charge in [0.15, 0.2) is 0 Å². The second-order valence-electron chi connectivity index (χ2n) is 4.02. The Hall–Kier alpha value is -2.55. The van der Waals surface area contributed by atoms with Crippen LogP contribution < -0.4 is 5.32 Å². The normalized spacial score (nSPS) is 9.65. The third-order valence-corrected chi connectivity index (χ3v) is 2.53. The first kappa shape index (κ1) is 15.5. The minimum atomic E-state index is -1.45. The van der Waals surface area contributed by atoms with Crippen molar-refractivity contribution in [1.82, 2.24) is 4.90 Å². The van der Waals surface area contributed by atoms with Gasteiger partial charge < -0.3 is 15.3 Å². The zero-order valence-corrected chi connectivity index (χ0v) is 11.0. The van der Waals surface area contributed by atoms with Gasteiger partial charge in [-0.15, -0.1) is 6.42 Å². The Morgan fingerprint density at radius 1 is 1.50 bits per heavy atom. The van der Waals surface area contributed by atoms with Crippen LogP contribution in [0.25, 0.3) is 0 Å². The number of carboxylic acid groups (broad SMARTS) is 1. The van der Waals surface area contributed by atoms with Gasteiger partial charge in [0.1, 0.15) is 11.4 Å². The second kappa shape index (κ2) is 7.14. The van der Waals surface area contributed by atoms with Gasteiger partial charge in [-0.1, -0.05) is 18.9 Å². The lowest BCUT2D eigenvalue weighted by Gasteiger charge is -2.20. The average molecular weight is 278 g/mol. The van der Waals surface area contributed by atoms with Crippen LogP contribution in [-0.4, -0.2) is 35.1 Å². The largest absolute Gasteiger partial charge is 0.478 e. The van der Waals surface area contributed by atoms with Crippen molar-refractivity contribution in [3.63, 3.8) is 0 Å². The van der Waals surface area contributed by atoms with E-state index in [4.69, 9.17) is 11.5 Å². The summed E-state index contributed by atoms with van der Waals surface area (Å²) in [6.07, 6.45) is 5.87. The fraction of sp³-hybridized carbons (Fsp3) is 0.286. The van der Waals surface area contributed by atoms with Crippen LogP contribution in [0.15, 0.2) is 18.2 Å². The third kappa shape index (κ3) is 3.72. The predicted octanol–water partition coefficient (Wildman–Crippen LogP) is 2.40. The minimum absolute atomic E-state index is 0.0946. The molecule has 0 aromatic heterocycles. The van der Waals surface area contributed by atoms with E-state index >= 15 is 0 Å². The van der Waals surface area contributed by atoms with Crippen LogP contribution in [0.4, 0.5) is 14.9 Å². The van der Waals surface area contributed by atoms with Crippen molar-refractivity contribution in [3.8, 4) is 12.3 Å². The van der Waals surface area contributed by atoms with Crippen LogP contribution in [0.1, 0.15) is 23.7 Å². The number of nitrogens with one attached hydrogen (secondary N) is 1. The van der Waals surface area contributed by atoms with E-state index in [1.54, 1.807) is 0 Å². The van der Waals surface area contributed by atoms with Gasteiger partial charge in [0.25, 0.3) is 0 Å². The molecule has 0 fully saturated rings. The smallest absolute Gasteiger partial charge is 0.340 e. The molecule has 0 saturated carbocycles. The van der Waals surface area contributed by atoms with E-state index in [1.807, 2.05) is 6.92 Å². The maximum Gasteiger partial charge on any atom is 0.340 e. The molecule has 6 heteroatoms. The number of hydrogen-bond donors (Lipinski definition) is 2. The monoisotopic (exact) mass is 278 g/mol. The number of hydrogen-bond acceptors (Lipinski definition) is 2. The summed E-state index contributed by atoms with van der Waals surface area (Å²) in [6, 6.07) is 3.11. The Balaban J connectivity index is 2.98. The highest BCUT2D eigenvalue weighted by molar-refractivity contribution is 6.00. The van der Waals surface area contributed by atoms with Crippen molar-refractivity contribution < 1.29 is 19.1 Å². The van der Waals surface area contributed by atoms with Gasteiger partial charge in [-0.2, -0.15) is 0 Å². The molecule has 0 aliphatic rings. The summed E-state index contributed by atoms with van der Waals surface area (Å²) in [5, 5.41) is 11.3. The van der Waals surface area contributed by atoms with Crippen molar-refractivity contribution in [2.45, 2.75) is 13.3 Å². The first-order valence-corrected chi connectivity index (χ1v) is 6.02. The van der Waals surface area contributed by atoms with Crippen molar-refractivity contribution in [2.75, 3.05) is 18.4 Å². The zero-order valence-electron chi connectivity index (χ0n) is 11.0. The molecule has 0 radical (unpaired) electrons. The molecule has 0 bridgehead atoms. The predicted molar refractivity (Wildman–Crippen MR) is 73.1 cm³/mol. The summed E-state index contributed by atoms with van der Waals surface area (Å²) in [5.74, 6) is -0.0122. The molecule has 1 aromatic rings. The molecule has 106 valence electrons. The van der Waals surface area contributed by atoms with Crippen molar-refractivity contribution in [2.24, 2.45) is 0 Å². The van der Waals surface area contributed by atoms with Gasteiger partial charge in [-0.3, -0.25) is 0 Å². The molecular weight excluding hydrogens is 263 g/mol. The SMILES string of the molecule is C#CCN(CCC)C(=O)Nc1cccc(F)c1C(=O)O. The number of aromatic carboxylic acids is 1. The highest BCUT2D eigenvalue weighted by Gasteiger charge is 2.19. The summed E-state index contributed by atoms with van der Waals surface area (Å²) in [5.41, 5.74) is -0.668. The van der Waals surface area contributed by atoms with Crippen LogP contribution in [0.3, 0.4) is 0 Å². The molecule has 0 saturated heterocycles. The zero-order chi connectivity index (χ0) is 15.1. The number of carbonyl (C=O) groups is 2. The van der Waals surface area contributed by atoms with E-state index in [0.717, 1.165) is 6.07 Å². The lowest BCUT2D eigenvalue weighted by molar-refractivity contribution is 0.0693. The van der Waals surface area contributed by atoms with Gasteiger partial charge in [-0.05, 0) is 18.6 Å². The van der Waals surface area contributed by atoms with Crippen LogP contribution in [-0.2, 0) is 0 Å². The summed E-state index contributed by atoms with van der Waals surface area (Å²) in [4.78, 5) is 24.3. The fourth-order valence-electron chi connectivity index (χ4n) is 1.67. The Morgan fingerprint density at radius 3 is 2.75 bits per heavy atom. The molecule has 0 heterocycles. The van der Waals surface area contributed by atoms with E-state index in [2.05, 4.69) is 11.2 Å². The van der Waals surface area contributed by atoms with Gasteiger partial charge in [0.05, 0.1) is 12.2 Å². The maximum atomic E-state index is 13.5. The number of terminal acetylenes is 1. The quantitative estimate of drug-likeness (QED) is 0.812. The summed E-state index contributed by atoms with van der Waals surface area (Å²) < 4.78 is 13.5. The van der Waals surface area contributed by atoms with E-state index in [-0.39, 0.29) is 12.2 Å². The standard InChI is InChI=1S/C14H15FN2O3/c1-3-8-17(9-4-2)14(20)16-11-7-5-6-10(15)12(11)13(18)19/h1,5-7H,4,8-9H2,2H3,(H,16,20)(H,18,19). The van der Waals surface area contributed by atoms with Gasteiger partial charge in [-0.25, -0.2) is 14.0 Å². The van der Waals surface area contributed by atoms with Gasteiger partial charge in [0.2, 0.25) is 0 Å². The molecule has 0 aliphatic heterocycles. The van der Waals surface area contributed by atoms with E-state index < -0.39 is 23.4 Å². The lowest BCUT2D eigenvalue weighted by Crippen LogP contribution is -2.36. The third-order valence-electron chi connectivity index (χ3n) is 2.53. The number of carboxylic acids is 1. The number of rotatable bonds is 5. The molecule has 5 nitrogen and oxygen atoms in total. The number of nitrogens with zero attached hydrogens (tertiary/aromatic N) is 1. The Labute approximate surface area is 116 Å². The number of carbonyl (C=O) groups excluding carboxylic acids is 1. The van der Waals surface area contributed by atoms with E-state index in [9.17, 15) is 14.0 Å². The summed E-state index contributed by atoms with van der Waals surface area (Å²) in [7, 11) is 0. The van der Waals surface area contributed by atoms with E-state index in [1.165, 1.54) is 17.0 Å².